The summed E-state index contributed by atoms with van der Waals surface area (Å²) in [4.78, 5) is 17.7. The van der Waals surface area contributed by atoms with E-state index in [0.717, 1.165) is 46.6 Å². The van der Waals surface area contributed by atoms with Crippen LogP contribution >= 0.6 is 11.8 Å². The van der Waals surface area contributed by atoms with Crippen LogP contribution in [0.3, 0.4) is 0 Å². The van der Waals surface area contributed by atoms with Crippen molar-refractivity contribution in [1.82, 2.24) is 4.90 Å². The fourth-order valence-corrected chi connectivity index (χ4v) is 4.31. The molecule has 6 nitrogen and oxygen atoms in total. The zero-order valence-electron chi connectivity index (χ0n) is 16.4. The number of carboxylic acid groups (broad SMARTS) is 1. The number of anilines is 1. The van der Waals surface area contributed by atoms with E-state index in [0.29, 0.717) is 0 Å². The first-order chi connectivity index (χ1) is 13.5. The molecule has 0 spiro atoms. The number of methoxy groups -OCH3 is 2. The van der Waals surface area contributed by atoms with Gasteiger partial charge in [-0.3, -0.25) is 9.69 Å². The van der Waals surface area contributed by atoms with Crippen LogP contribution < -0.4 is 14.4 Å². The van der Waals surface area contributed by atoms with Crippen LogP contribution in [0.2, 0.25) is 0 Å². The Hall–Kier alpha value is -2.38. The van der Waals surface area contributed by atoms with Gasteiger partial charge in [0.1, 0.15) is 11.5 Å². The van der Waals surface area contributed by atoms with Gasteiger partial charge in [0.05, 0.1) is 26.5 Å². The van der Waals surface area contributed by atoms with Gasteiger partial charge < -0.3 is 19.5 Å². The van der Waals surface area contributed by atoms with Crippen molar-refractivity contribution in [3.8, 4) is 11.5 Å². The van der Waals surface area contributed by atoms with Crippen molar-refractivity contribution in [3.63, 3.8) is 0 Å². The summed E-state index contributed by atoms with van der Waals surface area (Å²) in [7, 11) is 3.33. The van der Waals surface area contributed by atoms with Crippen LogP contribution in [0.5, 0.6) is 11.5 Å². The van der Waals surface area contributed by atoms with E-state index >= 15 is 0 Å². The molecule has 0 bridgehead atoms. The van der Waals surface area contributed by atoms with Crippen molar-refractivity contribution in [2.45, 2.75) is 22.8 Å². The molecule has 1 saturated heterocycles. The van der Waals surface area contributed by atoms with Crippen molar-refractivity contribution < 1.29 is 19.4 Å². The molecule has 1 aliphatic heterocycles. The number of nitrogens with zero attached hydrogens (tertiary/aromatic N) is 2. The van der Waals surface area contributed by atoms with Gasteiger partial charge in [-0.05, 0) is 43.3 Å². The van der Waals surface area contributed by atoms with Crippen LogP contribution in [-0.4, -0.2) is 62.4 Å². The molecule has 1 fully saturated rings. The number of hydrogen-bond acceptors (Lipinski definition) is 6. The lowest BCUT2D eigenvalue weighted by atomic mass is 10.1. The average Bonchev–Trinajstić information content (AvgIpc) is 2.70. The van der Waals surface area contributed by atoms with Gasteiger partial charge in [0, 0.05) is 41.5 Å². The Morgan fingerprint density at radius 3 is 2.39 bits per heavy atom. The van der Waals surface area contributed by atoms with Gasteiger partial charge in [0.2, 0.25) is 0 Å². The molecule has 1 atom stereocenters. The molecule has 0 aliphatic carbocycles. The van der Waals surface area contributed by atoms with Gasteiger partial charge in [-0.1, -0.05) is 11.8 Å². The highest BCUT2D eigenvalue weighted by molar-refractivity contribution is 7.99. The minimum Gasteiger partial charge on any atom is -0.497 e. The molecule has 150 valence electrons. The summed E-state index contributed by atoms with van der Waals surface area (Å²) in [5.74, 6) is 0.870. The van der Waals surface area contributed by atoms with E-state index in [1.165, 1.54) is 0 Å². The number of carboxylic acids is 1. The summed E-state index contributed by atoms with van der Waals surface area (Å²) >= 11 is 1.70. The molecule has 1 N–H and O–H groups in total. The average molecular weight is 403 g/mol. The molecule has 0 saturated carbocycles. The molecule has 0 radical (unpaired) electrons. The number of ether oxygens (including phenoxy) is 2. The molecule has 0 amide bonds. The maximum Gasteiger partial charge on any atom is 0.317 e. The first-order valence-electron chi connectivity index (χ1n) is 9.21. The van der Waals surface area contributed by atoms with E-state index in [1.54, 1.807) is 26.0 Å². The molecule has 2 aromatic carbocycles. The van der Waals surface area contributed by atoms with Crippen molar-refractivity contribution in [2.24, 2.45) is 0 Å². The quantitative estimate of drug-likeness (QED) is 0.761. The summed E-state index contributed by atoms with van der Waals surface area (Å²) < 4.78 is 10.7. The van der Waals surface area contributed by atoms with Crippen molar-refractivity contribution in [2.75, 3.05) is 45.3 Å². The van der Waals surface area contributed by atoms with Gasteiger partial charge in [0.25, 0.3) is 0 Å². The Morgan fingerprint density at radius 1 is 1.11 bits per heavy atom. The smallest absolute Gasteiger partial charge is 0.317 e. The maximum atomic E-state index is 11.1. The zero-order chi connectivity index (χ0) is 20.1. The van der Waals surface area contributed by atoms with Crippen LogP contribution in [0.25, 0.3) is 0 Å². The molecule has 1 unspecified atom stereocenters. The Bertz CT molecular complexity index is 813. The maximum absolute atomic E-state index is 11.1. The van der Waals surface area contributed by atoms with E-state index in [-0.39, 0.29) is 12.6 Å². The molecule has 3 rings (SSSR count). The highest BCUT2D eigenvalue weighted by Gasteiger charge is 2.26. The molecule has 7 heteroatoms. The number of carbonyl (C=O) groups is 1. The fourth-order valence-electron chi connectivity index (χ4n) is 3.35. The first-order valence-corrected chi connectivity index (χ1v) is 10.0. The molecule has 1 aliphatic rings. The standard InChI is InChI=1S/C21H26N2O4S/c1-15-13-23(11-10-22(15)14-21(24)25)19-12-17(27-3)6-9-20(19)28-18-7-4-16(26-2)5-8-18/h4-9,12,15H,10-11,13-14H2,1-3H3,(H,24,25). The van der Waals surface area contributed by atoms with Crippen LogP contribution in [0, 0.1) is 0 Å². The molecular formula is C21H26N2O4S. The van der Waals surface area contributed by atoms with E-state index in [2.05, 4.69) is 24.0 Å². The second-order valence-electron chi connectivity index (χ2n) is 6.77. The fraction of sp³-hybridized carbons (Fsp3) is 0.381. The van der Waals surface area contributed by atoms with E-state index in [9.17, 15) is 4.79 Å². The minimum atomic E-state index is -0.780. The van der Waals surface area contributed by atoms with E-state index in [4.69, 9.17) is 14.6 Å². The van der Waals surface area contributed by atoms with Crippen LogP contribution in [0.4, 0.5) is 5.69 Å². The van der Waals surface area contributed by atoms with Gasteiger partial charge >= 0.3 is 5.97 Å². The third-order valence-electron chi connectivity index (χ3n) is 4.90. The predicted octanol–water partition coefficient (Wildman–Crippen LogP) is 3.45. The zero-order valence-corrected chi connectivity index (χ0v) is 17.2. The largest absolute Gasteiger partial charge is 0.497 e. The monoisotopic (exact) mass is 402 g/mol. The Balaban J connectivity index is 1.82. The normalized spacial score (nSPS) is 17.4. The van der Waals surface area contributed by atoms with Crippen molar-refractivity contribution in [3.05, 3.63) is 42.5 Å². The summed E-state index contributed by atoms with van der Waals surface area (Å²) in [5, 5.41) is 9.10. The summed E-state index contributed by atoms with van der Waals surface area (Å²) in [6, 6.07) is 14.3. The van der Waals surface area contributed by atoms with Crippen molar-refractivity contribution in [1.29, 1.82) is 0 Å². The highest BCUT2D eigenvalue weighted by atomic mass is 32.2. The topological polar surface area (TPSA) is 62.2 Å². The lowest BCUT2D eigenvalue weighted by Gasteiger charge is -2.40. The van der Waals surface area contributed by atoms with Crippen molar-refractivity contribution >= 4 is 23.4 Å². The van der Waals surface area contributed by atoms with Crippen LogP contribution in [0.15, 0.2) is 52.3 Å². The Labute approximate surface area is 170 Å². The SMILES string of the molecule is COc1ccc(Sc2ccc(OC)cc2N2CCN(CC(=O)O)C(C)C2)cc1. The van der Waals surface area contributed by atoms with E-state index < -0.39 is 5.97 Å². The molecule has 1 heterocycles. The minimum absolute atomic E-state index is 0.0839. The second kappa shape index (κ2) is 9.21. The Kier molecular flexibility index (Phi) is 6.70. The Morgan fingerprint density at radius 2 is 1.79 bits per heavy atom. The van der Waals surface area contributed by atoms with Crippen LogP contribution in [-0.2, 0) is 4.79 Å². The lowest BCUT2D eigenvalue weighted by Crippen LogP contribution is -2.53. The van der Waals surface area contributed by atoms with Gasteiger partial charge in [0.15, 0.2) is 0 Å². The van der Waals surface area contributed by atoms with E-state index in [1.807, 2.05) is 35.2 Å². The predicted molar refractivity (Wildman–Crippen MR) is 111 cm³/mol. The molecule has 2 aromatic rings. The van der Waals surface area contributed by atoms with Gasteiger partial charge in [-0.2, -0.15) is 0 Å². The van der Waals surface area contributed by atoms with Gasteiger partial charge in [-0.25, -0.2) is 0 Å². The second-order valence-corrected chi connectivity index (χ2v) is 7.89. The third-order valence-corrected chi connectivity index (χ3v) is 5.97. The summed E-state index contributed by atoms with van der Waals surface area (Å²) in [5.41, 5.74) is 1.11. The third kappa shape index (κ3) is 4.91. The molecular weight excluding hydrogens is 376 g/mol. The summed E-state index contributed by atoms with van der Waals surface area (Å²) in [6.45, 7) is 4.43. The lowest BCUT2D eigenvalue weighted by molar-refractivity contribution is -0.138. The highest BCUT2D eigenvalue weighted by Crippen LogP contribution is 2.39. The molecule has 28 heavy (non-hydrogen) atoms. The molecule has 0 aromatic heterocycles. The number of rotatable bonds is 7. The van der Waals surface area contributed by atoms with Gasteiger partial charge in [-0.15, -0.1) is 0 Å². The number of aliphatic carboxylic acids is 1. The number of benzene rings is 2. The summed E-state index contributed by atoms with van der Waals surface area (Å²) in [6.07, 6.45) is 0. The number of hydrogen-bond donors (Lipinski definition) is 1. The van der Waals surface area contributed by atoms with Crippen LogP contribution in [0.1, 0.15) is 6.92 Å². The first kappa shape index (κ1) is 20.4. The number of piperazine rings is 1.